The van der Waals surface area contributed by atoms with Crippen LogP contribution in [0.3, 0.4) is 0 Å². The first kappa shape index (κ1) is 27.1. The molecule has 8 heteroatoms. The standard InChI is InChI=1S/C28H26BrNO5S/c1-4-35-28(32)21(3)19-30(36(33,34)25-16-9-20(2)10-17-25)26-8-6-5-7-22(26)13-18-27(31)23-11-14-24(29)15-12-23/h5-18H,3-4,19H2,1-2H3/b18-13+. The molecule has 0 aliphatic heterocycles. The van der Waals surface area contributed by atoms with Gasteiger partial charge in [0.25, 0.3) is 10.0 Å². The summed E-state index contributed by atoms with van der Waals surface area (Å²) in [6, 6.07) is 20.1. The lowest BCUT2D eigenvalue weighted by Gasteiger charge is -2.26. The van der Waals surface area contributed by atoms with Crippen LogP contribution in [-0.2, 0) is 19.6 Å². The molecule has 0 fully saturated rings. The van der Waals surface area contributed by atoms with E-state index in [4.69, 9.17) is 4.74 Å². The minimum absolute atomic E-state index is 0.0164. The zero-order valence-electron chi connectivity index (χ0n) is 20.0. The van der Waals surface area contributed by atoms with Crippen LogP contribution >= 0.6 is 15.9 Å². The molecule has 0 saturated heterocycles. The van der Waals surface area contributed by atoms with Crippen LogP contribution in [0.15, 0.2) is 100 Å². The molecule has 3 aromatic rings. The Balaban J connectivity index is 2.05. The van der Waals surface area contributed by atoms with Crippen molar-refractivity contribution < 1.29 is 22.7 Å². The van der Waals surface area contributed by atoms with Gasteiger partial charge in [-0.1, -0.05) is 58.4 Å². The molecule has 186 valence electrons. The summed E-state index contributed by atoms with van der Waals surface area (Å²) in [7, 11) is -4.09. The number of anilines is 1. The predicted octanol–water partition coefficient (Wildman–Crippen LogP) is 5.97. The third-order valence-electron chi connectivity index (χ3n) is 5.26. The Morgan fingerprint density at radius 3 is 2.28 bits per heavy atom. The van der Waals surface area contributed by atoms with Crippen LogP contribution in [0.1, 0.15) is 28.4 Å². The summed E-state index contributed by atoms with van der Waals surface area (Å²) in [5.74, 6) is -0.916. The summed E-state index contributed by atoms with van der Waals surface area (Å²) in [5.41, 5.74) is 2.16. The molecule has 0 saturated carbocycles. The summed E-state index contributed by atoms with van der Waals surface area (Å²) >= 11 is 3.35. The molecule has 6 nitrogen and oxygen atoms in total. The number of ether oxygens (including phenoxy) is 1. The van der Waals surface area contributed by atoms with Gasteiger partial charge in [-0.15, -0.1) is 0 Å². The molecular formula is C28H26BrNO5S. The number of rotatable bonds is 10. The van der Waals surface area contributed by atoms with Crippen molar-refractivity contribution in [2.24, 2.45) is 0 Å². The van der Waals surface area contributed by atoms with Gasteiger partial charge in [-0.25, -0.2) is 13.2 Å². The fourth-order valence-corrected chi connectivity index (χ4v) is 5.09. The number of carbonyl (C=O) groups excluding carboxylic acids is 2. The average Bonchev–Trinajstić information content (AvgIpc) is 2.86. The average molecular weight is 568 g/mol. The number of aryl methyl sites for hydroxylation is 1. The fraction of sp³-hybridized carbons (Fsp3) is 0.143. The quantitative estimate of drug-likeness (QED) is 0.171. The van der Waals surface area contributed by atoms with Gasteiger partial charge in [0.05, 0.1) is 29.3 Å². The minimum Gasteiger partial charge on any atom is -0.463 e. The number of hydrogen-bond donors (Lipinski definition) is 0. The van der Waals surface area contributed by atoms with Crippen LogP contribution in [-0.4, -0.2) is 33.3 Å². The maximum Gasteiger partial charge on any atom is 0.335 e. The molecule has 3 rings (SSSR count). The van der Waals surface area contributed by atoms with E-state index in [1.165, 1.54) is 18.2 Å². The van der Waals surface area contributed by atoms with E-state index in [2.05, 4.69) is 22.5 Å². The van der Waals surface area contributed by atoms with Crippen molar-refractivity contribution in [3.05, 3.63) is 112 Å². The second-order valence-corrected chi connectivity index (χ2v) is 10.7. The first-order valence-electron chi connectivity index (χ1n) is 11.1. The summed E-state index contributed by atoms with van der Waals surface area (Å²) in [6.45, 7) is 7.10. The molecule has 0 heterocycles. The van der Waals surface area contributed by atoms with E-state index < -0.39 is 16.0 Å². The highest BCUT2D eigenvalue weighted by Gasteiger charge is 2.28. The van der Waals surface area contributed by atoms with Crippen molar-refractivity contribution in [3.8, 4) is 0 Å². The van der Waals surface area contributed by atoms with Gasteiger partial charge in [0, 0.05) is 10.0 Å². The van der Waals surface area contributed by atoms with Crippen LogP contribution in [0.2, 0.25) is 0 Å². The zero-order chi connectivity index (χ0) is 26.3. The number of allylic oxidation sites excluding steroid dienone is 1. The summed E-state index contributed by atoms with van der Waals surface area (Å²) in [5, 5.41) is 0. The Bertz CT molecular complexity index is 1390. The van der Waals surface area contributed by atoms with Gasteiger partial charge in [0.15, 0.2) is 5.78 Å². The van der Waals surface area contributed by atoms with E-state index in [1.807, 2.05) is 6.92 Å². The van der Waals surface area contributed by atoms with Gasteiger partial charge in [-0.3, -0.25) is 9.10 Å². The first-order chi connectivity index (χ1) is 17.1. The van der Waals surface area contributed by atoms with Crippen LogP contribution < -0.4 is 4.31 Å². The molecule has 0 N–H and O–H groups in total. The van der Waals surface area contributed by atoms with Crippen molar-refractivity contribution in [3.63, 3.8) is 0 Å². The maximum absolute atomic E-state index is 13.7. The number of benzene rings is 3. The van der Waals surface area contributed by atoms with E-state index >= 15 is 0 Å². The topological polar surface area (TPSA) is 80.8 Å². The number of carbonyl (C=O) groups is 2. The number of para-hydroxylation sites is 1. The van der Waals surface area contributed by atoms with E-state index in [0.29, 0.717) is 16.8 Å². The van der Waals surface area contributed by atoms with Crippen LogP contribution in [0.5, 0.6) is 0 Å². The molecule has 0 radical (unpaired) electrons. The molecule has 3 aromatic carbocycles. The van der Waals surface area contributed by atoms with Gasteiger partial charge in [0.2, 0.25) is 0 Å². The Morgan fingerprint density at radius 2 is 1.64 bits per heavy atom. The number of sulfonamides is 1. The Hall–Kier alpha value is -3.49. The van der Waals surface area contributed by atoms with E-state index in [0.717, 1.165) is 14.3 Å². The fourth-order valence-electron chi connectivity index (χ4n) is 3.34. The molecule has 0 spiro atoms. The van der Waals surface area contributed by atoms with E-state index in [1.54, 1.807) is 73.7 Å². The second kappa shape index (κ2) is 12.0. The Morgan fingerprint density at radius 1 is 1.00 bits per heavy atom. The molecule has 36 heavy (non-hydrogen) atoms. The number of nitrogens with zero attached hydrogens (tertiary/aromatic N) is 1. The minimum atomic E-state index is -4.09. The largest absolute Gasteiger partial charge is 0.463 e. The lowest BCUT2D eigenvalue weighted by molar-refractivity contribution is -0.138. The highest BCUT2D eigenvalue weighted by Crippen LogP contribution is 2.29. The Kier molecular flexibility index (Phi) is 9.01. The number of hydrogen-bond acceptors (Lipinski definition) is 5. The van der Waals surface area contributed by atoms with E-state index in [-0.39, 0.29) is 29.4 Å². The molecular weight excluding hydrogens is 542 g/mol. The molecule has 0 aliphatic rings. The van der Waals surface area contributed by atoms with E-state index in [9.17, 15) is 18.0 Å². The SMILES string of the molecule is C=C(CN(c1ccccc1/C=C/C(=O)c1ccc(Br)cc1)S(=O)(=O)c1ccc(C)cc1)C(=O)OCC. The maximum atomic E-state index is 13.7. The van der Waals surface area contributed by atoms with Crippen molar-refractivity contribution >= 4 is 49.5 Å². The molecule has 0 unspecified atom stereocenters. The van der Waals surface area contributed by atoms with Crippen molar-refractivity contribution in [2.45, 2.75) is 18.7 Å². The molecule has 0 bridgehead atoms. The molecule has 0 amide bonds. The van der Waals surface area contributed by atoms with Crippen LogP contribution in [0.25, 0.3) is 6.08 Å². The Labute approximate surface area is 220 Å². The number of ketones is 1. The lowest BCUT2D eigenvalue weighted by Crippen LogP contribution is -2.35. The smallest absolute Gasteiger partial charge is 0.335 e. The van der Waals surface area contributed by atoms with Gasteiger partial charge in [-0.2, -0.15) is 0 Å². The van der Waals surface area contributed by atoms with Gasteiger partial charge in [-0.05, 0) is 74.0 Å². The molecule has 0 aromatic heterocycles. The van der Waals surface area contributed by atoms with Gasteiger partial charge >= 0.3 is 5.97 Å². The first-order valence-corrected chi connectivity index (χ1v) is 13.4. The summed E-state index contributed by atoms with van der Waals surface area (Å²) < 4.78 is 34.5. The normalized spacial score (nSPS) is 11.3. The highest BCUT2D eigenvalue weighted by atomic mass is 79.9. The third kappa shape index (κ3) is 6.59. The monoisotopic (exact) mass is 567 g/mol. The number of esters is 1. The zero-order valence-corrected chi connectivity index (χ0v) is 22.4. The second-order valence-electron chi connectivity index (χ2n) is 7.91. The molecule has 0 aliphatic carbocycles. The number of halogens is 1. The highest BCUT2D eigenvalue weighted by molar-refractivity contribution is 9.10. The summed E-state index contributed by atoms with van der Waals surface area (Å²) in [4.78, 5) is 25.0. The van der Waals surface area contributed by atoms with Gasteiger partial charge < -0.3 is 4.74 Å². The van der Waals surface area contributed by atoms with Gasteiger partial charge in [0.1, 0.15) is 0 Å². The summed E-state index contributed by atoms with van der Waals surface area (Å²) in [6.07, 6.45) is 2.95. The van der Waals surface area contributed by atoms with Crippen LogP contribution in [0, 0.1) is 6.92 Å². The van der Waals surface area contributed by atoms with Crippen LogP contribution in [0.4, 0.5) is 5.69 Å². The van der Waals surface area contributed by atoms with Crippen molar-refractivity contribution in [1.29, 1.82) is 0 Å². The predicted molar refractivity (Wildman–Crippen MR) is 145 cm³/mol. The van der Waals surface area contributed by atoms with Crippen molar-refractivity contribution in [2.75, 3.05) is 17.5 Å². The third-order valence-corrected chi connectivity index (χ3v) is 7.56. The van der Waals surface area contributed by atoms with Crippen molar-refractivity contribution in [1.82, 2.24) is 0 Å². The molecule has 0 atom stereocenters. The lowest BCUT2D eigenvalue weighted by atomic mass is 10.1.